The number of hydrogen-bond donors (Lipinski definition) is 1. The van der Waals surface area contributed by atoms with Crippen molar-refractivity contribution in [1.29, 1.82) is 0 Å². The van der Waals surface area contributed by atoms with Crippen LogP contribution in [0.5, 0.6) is 0 Å². The second kappa shape index (κ2) is 7.71. The van der Waals surface area contributed by atoms with E-state index in [1.807, 2.05) is 18.2 Å². The molecule has 8 heteroatoms. The molecule has 1 aliphatic heterocycles. The Bertz CT molecular complexity index is 958. The summed E-state index contributed by atoms with van der Waals surface area (Å²) in [6.45, 7) is 5.16. The fourth-order valence-corrected chi connectivity index (χ4v) is 3.08. The average molecular weight is 367 g/mol. The topological polar surface area (TPSA) is 97.1 Å². The molecule has 0 spiro atoms. The molecule has 27 heavy (non-hydrogen) atoms. The monoisotopic (exact) mass is 367 g/mol. The van der Waals surface area contributed by atoms with Crippen LogP contribution in [0, 0.1) is 0 Å². The molecule has 4 rings (SSSR count). The smallest absolute Gasteiger partial charge is 0.258 e. The summed E-state index contributed by atoms with van der Waals surface area (Å²) in [7, 11) is 0. The molecule has 3 aromatic heterocycles. The largest absolute Gasteiger partial charge is 0.378 e. The Morgan fingerprint density at radius 2 is 2.04 bits per heavy atom. The summed E-state index contributed by atoms with van der Waals surface area (Å²) in [5, 5.41) is 4.04. The van der Waals surface area contributed by atoms with E-state index in [0.29, 0.717) is 30.5 Å². The lowest BCUT2D eigenvalue weighted by Gasteiger charge is -2.27. The van der Waals surface area contributed by atoms with E-state index < -0.39 is 0 Å². The first-order valence-electron chi connectivity index (χ1n) is 9.09. The summed E-state index contributed by atoms with van der Waals surface area (Å²) in [4.78, 5) is 25.8. The van der Waals surface area contributed by atoms with Crippen molar-refractivity contribution in [3.8, 4) is 22.8 Å². The predicted molar refractivity (Wildman–Crippen MR) is 101 cm³/mol. The number of aromatic amines is 1. The zero-order chi connectivity index (χ0) is 18.6. The number of morpholine rings is 1. The maximum absolute atomic E-state index is 11.9. The van der Waals surface area contributed by atoms with Crippen LogP contribution in [0.15, 0.2) is 39.8 Å². The molecule has 0 amide bonds. The van der Waals surface area contributed by atoms with Crippen molar-refractivity contribution in [2.45, 2.75) is 19.8 Å². The predicted octanol–water partition coefficient (Wildman–Crippen LogP) is 2.28. The minimum absolute atomic E-state index is 0.174. The maximum atomic E-state index is 11.9. The maximum Gasteiger partial charge on any atom is 0.258 e. The van der Waals surface area contributed by atoms with Gasteiger partial charge in [-0.25, -0.2) is 4.98 Å². The van der Waals surface area contributed by atoms with E-state index in [9.17, 15) is 4.79 Å². The Morgan fingerprint density at radius 3 is 2.78 bits per heavy atom. The Morgan fingerprint density at radius 1 is 1.19 bits per heavy atom. The van der Waals surface area contributed by atoms with Crippen LogP contribution < -0.4 is 10.5 Å². The fraction of sp³-hybridized carbons (Fsp3) is 0.368. The molecule has 0 aliphatic carbocycles. The Labute approximate surface area is 156 Å². The van der Waals surface area contributed by atoms with E-state index in [0.717, 1.165) is 43.0 Å². The number of anilines is 1. The lowest BCUT2D eigenvalue weighted by molar-refractivity contribution is 0.122. The first kappa shape index (κ1) is 17.4. The summed E-state index contributed by atoms with van der Waals surface area (Å²) >= 11 is 0. The van der Waals surface area contributed by atoms with E-state index in [1.165, 1.54) is 6.07 Å². The van der Waals surface area contributed by atoms with Gasteiger partial charge in [0.1, 0.15) is 5.82 Å². The molecule has 0 bridgehead atoms. The molecular formula is C19H21N5O3. The van der Waals surface area contributed by atoms with Crippen molar-refractivity contribution < 1.29 is 9.26 Å². The lowest BCUT2D eigenvalue weighted by Crippen LogP contribution is -2.36. The molecule has 1 aliphatic rings. The van der Waals surface area contributed by atoms with Crippen molar-refractivity contribution in [3.63, 3.8) is 0 Å². The van der Waals surface area contributed by atoms with Crippen LogP contribution >= 0.6 is 0 Å². The molecule has 1 fully saturated rings. The van der Waals surface area contributed by atoms with E-state index in [2.05, 4.69) is 31.9 Å². The highest BCUT2D eigenvalue weighted by Crippen LogP contribution is 2.23. The van der Waals surface area contributed by atoms with Gasteiger partial charge < -0.3 is 19.1 Å². The highest BCUT2D eigenvalue weighted by molar-refractivity contribution is 5.60. The first-order valence-corrected chi connectivity index (χ1v) is 9.09. The minimum Gasteiger partial charge on any atom is -0.378 e. The van der Waals surface area contributed by atoms with E-state index >= 15 is 0 Å². The van der Waals surface area contributed by atoms with Gasteiger partial charge in [-0.05, 0) is 24.6 Å². The quantitative estimate of drug-likeness (QED) is 0.739. The molecule has 0 atom stereocenters. The molecule has 0 radical (unpaired) electrons. The van der Waals surface area contributed by atoms with Gasteiger partial charge in [0, 0.05) is 42.2 Å². The van der Waals surface area contributed by atoms with Gasteiger partial charge in [-0.3, -0.25) is 4.79 Å². The third-order valence-corrected chi connectivity index (χ3v) is 4.43. The van der Waals surface area contributed by atoms with Crippen molar-refractivity contribution >= 4 is 5.82 Å². The Hall–Kier alpha value is -3.00. The summed E-state index contributed by atoms with van der Waals surface area (Å²) in [6.07, 6.45) is 3.46. The van der Waals surface area contributed by atoms with Crippen molar-refractivity contribution in [2.75, 3.05) is 31.2 Å². The second-order valence-corrected chi connectivity index (χ2v) is 6.44. The standard InChI is InChI=1S/C19H21N5O3/c1-2-3-15-10-14(11-17(25)21-15)19-22-18(23-27-19)13-4-5-16(20-12-13)24-6-8-26-9-7-24/h4-5,10-12H,2-3,6-9H2,1H3,(H,21,25). The molecular weight excluding hydrogens is 346 g/mol. The molecule has 0 unspecified atom stereocenters. The van der Waals surface area contributed by atoms with Crippen LogP contribution in [-0.2, 0) is 11.2 Å². The van der Waals surface area contributed by atoms with Crippen LogP contribution in [0.1, 0.15) is 19.0 Å². The van der Waals surface area contributed by atoms with Crippen LogP contribution in [0.25, 0.3) is 22.8 Å². The molecule has 140 valence electrons. The van der Waals surface area contributed by atoms with Gasteiger partial charge in [-0.15, -0.1) is 0 Å². The van der Waals surface area contributed by atoms with Crippen molar-refractivity contribution in [1.82, 2.24) is 20.1 Å². The van der Waals surface area contributed by atoms with Gasteiger partial charge in [0.05, 0.1) is 13.2 Å². The third-order valence-electron chi connectivity index (χ3n) is 4.43. The number of nitrogens with one attached hydrogen (secondary N) is 1. The highest BCUT2D eigenvalue weighted by Gasteiger charge is 2.15. The van der Waals surface area contributed by atoms with Gasteiger partial charge in [0.2, 0.25) is 11.4 Å². The number of aromatic nitrogens is 4. The van der Waals surface area contributed by atoms with Crippen molar-refractivity contribution in [3.05, 3.63) is 46.5 Å². The van der Waals surface area contributed by atoms with Gasteiger partial charge in [0.25, 0.3) is 5.89 Å². The third kappa shape index (κ3) is 3.90. The Balaban J connectivity index is 1.56. The number of aryl methyl sites for hydroxylation is 1. The van der Waals surface area contributed by atoms with Crippen LogP contribution in [0.4, 0.5) is 5.82 Å². The number of rotatable bonds is 5. The number of hydrogen-bond acceptors (Lipinski definition) is 7. The summed E-state index contributed by atoms with van der Waals surface area (Å²) in [5.41, 5.74) is 2.07. The van der Waals surface area contributed by atoms with Gasteiger partial charge in [-0.2, -0.15) is 4.98 Å². The summed E-state index contributed by atoms with van der Waals surface area (Å²) < 4.78 is 10.7. The normalized spacial score (nSPS) is 14.5. The van der Waals surface area contributed by atoms with Crippen LogP contribution in [-0.4, -0.2) is 46.4 Å². The van der Waals surface area contributed by atoms with Crippen LogP contribution in [0.2, 0.25) is 0 Å². The van der Waals surface area contributed by atoms with Crippen molar-refractivity contribution in [2.24, 2.45) is 0 Å². The minimum atomic E-state index is -0.174. The van der Waals surface area contributed by atoms with Crippen LogP contribution in [0.3, 0.4) is 0 Å². The SMILES string of the molecule is CCCc1cc(-c2nc(-c3ccc(N4CCOCC4)nc3)no2)cc(=O)[nH]1. The highest BCUT2D eigenvalue weighted by atomic mass is 16.5. The first-order chi connectivity index (χ1) is 13.2. The van der Waals surface area contributed by atoms with E-state index in [-0.39, 0.29) is 5.56 Å². The fourth-order valence-electron chi connectivity index (χ4n) is 3.08. The zero-order valence-electron chi connectivity index (χ0n) is 15.1. The average Bonchev–Trinajstić information content (AvgIpc) is 3.19. The number of nitrogens with zero attached hydrogens (tertiary/aromatic N) is 4. The Kier molecular flexibility index (Phi) is 4.97. The summed E-state index contributed by atoms with van der Waals surface area (Å²) in [6, 6.07) is 7.22. The number of ether oxygens (including phenoxy) is 1. The lowest BCUT2D eigenvalue weighted by atomic mass is 10.1. The van der Waals surface area contributed by atoms with Gasteiger partial charge in [-0.1, -0.05) is 18.5 Å². The molecule has 4 heterocycles. The molecule has 1 N–H and O–H groups in total. The summed E-state index contributed by atoms with van der Waals surface area (Å²) in [5.74, 6) is 1.68. The molecule has 8 nitrogen and oxygen atoms in total. The number of pyridine rings is 2. The zero-order valence-corrected chi connectivity index (χ0v) is 15.1. The van der Waals surface area contributed by atoms with E-state index in [1.54, 1.807) is 6.20 Å². The van der Waals surface area contributed by atoms with E-state index in [4.69, 9.17) is 9.26 Å². The van der Waals surface area contributed by atoms with Gasteiger partial charge in [0.15, 0.2) is 0 Å². The van der Waals surface area contributed by atoms with Gasteiger partial charge >= 0.3 is 0 Å². The molecule has 3 aromatic rings. The molecule has 0 aromatic carbocycles. The molecule has 0 saturated carbocycles. The second-order valence-electron chi connectivity index (χ2n) is 6.44. The number of H-pyrrole nitrogens is 1. The molecule has 1 saturated heterocycles.